The molecule has 7 heteroatoms. The quantitative estimate of drug-likeness (QED) is 0.276. The summed E-state index contributed by atoms with van der Waals surface area (Å²) in [6.07, 6.45) is 0.380. The number of hydrogen-bond acceptors (Lipinski definition) is 4. The second-order valence-electron chi connectivity index (χ2n) is 13.0. The van der Waals surface area contributed by atoms with E-state index >= 15 is 0 Å². The largest absolute Gasteiger partial charge is 0.444 e. The van der Waals surface area contributed by atoms with Gasteiger partial charge in [0.25, 0.3) is 5.91 Å². The Bertz CT molecular complexity index is 1380. The highest BCUT2D eigenvalue weighted by Crippen LogP contribution is 2.32. The first kappa shape index (κ1) is 33.4. The Morgan fingerprint density at radius 1 is 0.791 bits per heavy atom. The van der Waals surface area contributed by atoms with Crippen molar-refractivity contribution in [2.24, 2.45) is 0 Å². The van der Waals surface area contributed by atoms with Gasteiger partial charge in [-0.2, -0.15) is 0 Å². The van der Waals surface area contributed by atoms with E-state index in [0.29, 0.717) is 5.56 Å². The zero-order chi connectivity index (χ0) is 31.9. The molecule has 3 aromatic rings. The van der Waals surface area contributed by atoms with E-state index in [0.717, 1.165) is 34.4 Å². The van der Waals surface area contributed by atoms with Gasteiger partial charge in [-0.1, -0.05) is 79.7 Å². The summed E-state index contributed by atoms with van der Waals surface area (Å²) in [6, 6.07) is 21.2. The van der Waals surface area contributed by atoms with Crippen LogP contribution in [0.4, 0.5) is 10.5 Å². The maximum absolute atomic E-state index is 14.7. The van der Waals surface area contributed by atoms with Crippen LogP contribution in [-0.4, -0.2) is 40.0 Å². The molecule has 230 valence electrons. The number of alkyl carbamates (subject to hydrolysis) is 1. The summed E-state index contributed by atoms with van der Waals surface area (Å²) in [5.41, 5.74) is 3.70. The molecule has 3 rings (SSSR count). The SMILES string of the molecule is CCc1ccc(C(C(=O)Nc2c(C)cccc2C)N(C(=O)C(Cc2ccccc2)NC(=O)OC(C)(C)C)C(C)(C)C)cc1. The molecule has 0 fully saturated rings. The second-order valence-corrected chi connectivity index (χ2v) is 13.0. The normalized spacial score (nSPS) is 13.0. The average Bonchev–Trinajstić information content (AvgIpc) is 2.92. The number of aryl methyl sites for hydroxylation is 3. The fraction of sp³-hybridized carbons (Fsp3) is 0.417. The van der Waals surface area contributed by atoms with Crippen molar-refractivity contribution >= 4 is 23.6 Å². The van der Waals surface area contributed by atoms with Gasteiger partial charge in [-0.3, -0.25) is 9.59 Å². The summed E-state index contributed by atoms with van der Waals surface area (Å²) < 4.78 is 5.54. The highest BCUT2D eigenvalue weighted by molar-refractivity contribution is 6.00. The molecule has 0 heterocycles. The first-order valence-corrected chi connectivity index (χ1v) is 14.9. The topological polar surface area (TPSA) is 87.7 Å². The third-order valence-electron chi connectivity index (χ3n) is 7.17. The van der Waals surface area contributed by atoms with Crippen LogP contribution in [-0.2, 0) is 27.2 Å². The van der Waals surface area contributed by atoms with E-state index in [1.165, 1.54) is 0 Å². The fourth-order valence-corrected chi connectivity index (χ4v) is 5.07. The molecule has 0 aliphatic rings. The van der Waals surface area contributed by atoms with Gasteiger partial charge in [-0.15, -0.1) is 0 Å². The zero-order valence-corrected chi connectivity index (χ0v) is 27.1. The molecule has 3 aromatic carbocycles. The zero-order valence-electron chi connectivity index (χ0n) is 27.1. The number of carbonyl (C=O) groups excluding carboxylic acids is 3. The summed E-state index contributed by atoms with van der Waals surface area (Å²) in [4.78, 5) is 43.7. The van der Waals surface area contributed by atoms with Gasteiger partial charge in [0.2, 0.25) is 5.91 Å². The maximum atomic E-state index is 14.7. The number of hydrogen-bond donors (Lipinski definition) is 2. The monoisotopic (exact) mass is 585 g/mol. The Morgan fingerprint density at radius 3 is 1.88 bits per heavy atom. The van der Waals surface area contributed by atoms with Crippen molar-refractivity contribution in [1.82, 2.24) is 10.2 Å². The number of nitrogens with zero attached hydrogens (tertiary/aromatic N) is 1. The lowest BCUT2D eigenvalue weighted by molar-refractivity contribution is -0.146. The molecule has 0 saturated carbocycles. The van der Waals surface area contributed by atoms with Crippen LogP contribution in [0.2, 0.25) is 0 Å². The molecule has 3 amide bonds. The maximum Gasteiger partial charge on any atom is 0.408 e. The number of benzene rings is 3. The standard InChI is InChI=1S/C36H47N3O4/c1-10-26-19-21-28(22-20-26)31(32(40)38-30-24(2)15-14-16-25(30)3)39(35(4,5)6)33(41)29(23-27-17-12-11-13-18-27)37-34(42)43-36(7,8)9/h11-22,29,31H,10,23H2,1-9H3,(H,37,42)(H,38,40). The minimum atomic E-state index is -0.984. The van der Waals surface area contributed by atoms with Crippen LogP contribution < -0.4 is 10.6 Å². The van der Waals surface area contributed by atoms with Crippen LogP contribution in [0.3, 0.4) is 0 Å². The lowest BCUT2D eigenvalue weighted by Gasteiger charge is -2.43. The van der Waals surface area contributed by atoms with Gasteiger partial charge in [-0.25, -0.2) is 4.79 Å². The Kier molecular flexibility index (Phi) is 10.8. The van der Waals surface area contributed by atoms with Gasteiger partial charge >= 0.3 is 6.09 Å². The van der Waals surface area contributed by atoms with Gasteiger partial charge < -0.3 is 20.3 Å². The number of carbonyl (C=O) groups is 3. The number of nitrogens with one attached hydrogen (secondary N) is 2. The lowest BCUT2D eigenvalue weighted by atomic mass is 9.93. The molecular weight excluding hydrogens is 538 g/mol. The third kappa shape index (κ3) is 9.18. The minimum Gasteiger partial charge on any atom is -0.444 e. The number of anilines is 1. The highest BCUT2D eigenvalue weighted by atomic mass is 16.6. The number of para-hydroxylation sites is 1. The van der Waals surface area contributed by atoms with E-state index in [-0.39, 0.29) is 18.2 Å². The van der Waals surface area contributed by atoms with Crippen LogP contribution >= 0.6 is 0 Å². The molecule has 43 heavy (non-hydrogen) atoms. The van der Waals surface area contributed by atoms with E-state index in [4.69, 9.17) is 4.74 Å². The number of rotatable bonds is 9. The molecule has 0 aliphatic heterocycles. The highest BCUT2D eigenvalue weighted by Gasteiger charge is 2.42. The summed E-state index contributed by atoms with van der Waals surface area (Å²) in [6.45, 7) is 17.0. The van der Waals surface area contributed by atoms with Gasteiger partial charge in [0.1, 0.15) is 17.7 Å². The Morgan fingerprint density at radius 2 is 1.37 bits per heavy atom. The van der Waals surface area contributed by atoms with E-state index in [1.807, 2.05) is 107 Å². The van der Waals surface area contributed by atoms with Gasteiger partial charge in [0.05, 0.1) is 0 Å². The number of amides is 3. The Hall–Kier alpha value is -4.13. The van der Waals surface area contributed by atoms with E-state index in [1.54, 1.807) is 25.7 Å². The average molecular weight is 586 g/mol. The minimum absolute atomic E-state index is 0.228. The summed E-state index contributed by atoms with van der Waals surface area (Å²) in [7, 11) is 0. The molecule has 0 saturated heterocycles. The molecule has 0 bridgehead atoms. The van der Waals surface area contributed by atoms with Crippen molar-refractivity contribution in [3.63, 3.8) is 0 Å². The predicted octanol–water partition coefficient (Wildman–Crippen LogP) is 7.31. The van der Waals surface area contributed by atoms with Crippen LogP contribution in [0.15, 0.2) is 72.8 Å². The van der Waals surface area contributed by atoms with E-state index in [9.17, 15) is 14.4 Å². The first-order chi connectivity index (χ1) is 20.1. The molecule has 0 spiro atoms. The molecule has 2 atom stereocenters. The fourth-order valence-electron chi connectivity index (χ4n) is 5.07. The van der Waals surface area contributed by atoms with Crippen LogP contribution in [0.5, 0.6) is 0 Å². The van der Waals surface area contributed by atoms with Crippen molar-refractivity contribution in [2.75, 3.05) is 5.32 Å². The molecule has 0 aromatic heterocycles. The second kappa shape index (κ2) is 13.9. The Labute approximate surface area is 257 Å². The van der Waals surface area contributed by atoms with Crippen molar-refractivity contribution in [1.29, 1.82) is 0 Å². The van der Waals surface area contributed by atoms with Crippen LogP contribution in [0.1, 0.15) is 82.3 Å². The number of ether oxygens (including phenoxy) is 1. The lowest BCUT2D eigenvalue weighted by Crippen LogP contribution is -2.58. The molecule has 0 aliphatic carbocycles. The van der Waals surface area contributed by atoms with Crippen molar-refractivity contribution in [3.05, 3.63) is 101 Å². The van der Waals surface area contributed by atoms with Crippen LogP contribution in [0, 0.1) is 13.8 Å². The van der Waals surface area contributed by atoms with Gasteiger partial charge in [0.15, 0.2) is 0 Å². The van der Waals surface area contributed by atoms with Crippen molar-refractivity contribution in [3.8, 4) is 0 Å². The molecule has 7 nitrogen and oxygen atoms in total. The van der Waals surface area contributed by atoms with Gasteiger partial charge in [-0.05, 0) is 89.6 Å². The molecule has 0 radical (unpaired) electrons. The van der Waals surface area contributed by atoms with Crippen molar-refractivity contribution < 1.29 is 19.1 Å². The predicted molar refractivity (Wildman–Crippen MR) is 173 cm³/mol. The summed E-state index contributed by atoms with van der Waals surface area (Å²) >= 11 is 0. The van der Waals surface area contributed by atoms with E-state index < -0.39 is 29.3 Å². The summed E-state index contributed by atoms with van der Waals surface area (Å²) in [5, 5.41) is 5.95. The molecule has 2 unspecified atom stereocenters. The third-order valence-corrected chi connectivity index (χ3v) is 7.17. The van der Waals surface area contributed by atoms with Crippen LogP contribution in [0.25, 0.3) is 0 Å². The Balaban J connectivity index is 2.13. The van der Waals surface area contributed by atoms with Gasteiger partial charge in [0, 0.05) is 17.6 Å². The molecular formula is C36H47N3O4. The smallest absolute Gasteiger partial charge is 0.408 e. The summed E-state index contributed by atoms with van der Waals surface area (Å²) in [5.74, 6) is -0.718. The van der Waals surface area contributed by atoms with E-state index in [2.05, 4.69) is 17.6 Å². The van der Waals surface area contributed by atoms with Crippen molar-refractivity contribution in [2.45, 2.75) is 98.4 Å². The molecule has 2 N–H and O–H groups in total. The first-order valence-electron chi connectivity index (χ1n) is 14.9.